The van der Waals surface area contributed by atoms with Crippen molar-refractivity contribution in [3.8, 4) is 0 Å². The van der Waals surface area contributed by atoms with E-state index in [4.69, 9.17) is 0 Å². The Kier molecular flexibility index (Phi) is 10.9. The summed E-state index contributed by atoms with van der Waals surface area (Å²) in [5, 5.41) is 6.37. The Balaban J connectivity index is 2.40. The second-order valence-electron chi connectivity index (χ2n) is 17.1. The topological polar surface area (TPSA) is 0 Å². The van der Waals surface area contributed by atoms with Crippen LogP contribution in [0.2, 0.25) is 0 Å². The number of benzene rings is 3. The first-order chi connectivity index (χ1) is 21.4. The van der Waals surface area contributed by atoms with E-state index < -0.39 is 8.07 Å². The largest absolute Gasteiger partial charge is 0.176 e. The van der Waals surface area contributed by atoms with Gasteiger partial charge < -0.3 is 0 Å². The van der Waals surface area contributed by atoms with E-state index in [1.165, 1.54) is 33.4 Å². The van der Waals surface area contributed by atoms with Crippen molar-refractivity contribution in [2.45, 2.75) is 146 Å². The third-order valence-corrected chi connectivity index (χ3v) is 15.3. The highest BCUT2D eigenvalue weighted by Gasteiger charge is 2.47. The maximum atomic E-state index is 2.64. The predicted octanol–water partition coefficient (Wildman–Crippen LogP) is 11.7. The fourth-order valence-electron chi connectivity index (χ4n) is 7.26. The highest BCUT2D eigenvalue weighted by Crippen LogP contribution is 2.40. The van der Waals surface area contributed by atoms with E-state index in [2.05, 4.69) is 171 Å². The fraction of sp³-hybridized carbons (Fsp3) is 0.511. The molecule has 0 nitrogen and oxygen atoms in total. The molecule has 0 fully saturated rings. The van der Waals surface area contributed by atoms with Crippen molar-refractivity contribution >= 4 is 23.6 Å². The van der Waals surface area contributed by atoms with Crippen LogP contribution in [0, 0.1) is 5.41 Å². The number of rotatable bonds is 10. The lowest BCUT2D eigenvalue weighted by Crippen LogP contribution is -2.69. The van der Waals surface area contributed by atoms with Crippen LogP contribution in [0.25, 0.3) is 0 Å². The van der Waals surface area contributed by atoms with Crippen LogP contribution in [0.1, 0.15) is 179 Å². The van der Waals surface area contributed by atoms with Crippen molar-refractivity contribution in [1.29, 1.82) is 0 Å². The Bertz CT molecular complexity index is 1360. The highest BCUT2D eigenvalue weighted by atomic mass is 28.3. The Morgan fingerprint density at radius 2 is 0.696 bits per heavy atom. The zero-order valence-corrected chi connectivity index (χ0v) is 33.0. The molecular weight excluding hydrogens is 569 g/mol. The molecule has 3 aromatic rings. The summed E-state index contributed by atoms with van der Waals surface area (Å²) in [7, 11) is -2.81. The summed E-state index contributed by atoms with van der Waals surface area (Å²) in [6.45, 7) is 35.7. The molecule has 46 heavy (non-hydrogen) atoms. The molecule has 0 aliphatic heterocycles. The molecule has 4 rings (SSSR count). The number of hydrogen-bond donors (Lipinski definition) is 0. The van der Waals surface area contributed by atoms with Gasteiger partial charge in [0.25, 0.3) is 0 Å². The number of hydrogen-bond acceptors (Lipinski definition) is 0. The second-order valence-corrected chi connectivity index (χ2v) is 20.9. The molecule has 1 aliphatic carbocycles. The first-order valence-corrected chi connectivity index (χ1v) is 20.2. The van der Waals surface area contributed by atoms with Gasteiger partial charge in [0.2, 0.25) is 0 Å². The average molecular weight is 633 g/mol. The van der Waals surface area contributed by atoms with E-state index in [0.717, 1.165) is 6.42 Å². The number of allylic oxidation sites excluding steroid dienone is 4. The van der Waals surface area contributed by atoms with E-state index in [0.29, 0.717) is 35.5 Å². The van der Waals surface area contributed by atoms with Crippen LogP contribution < -0.4 is 15.6 Å². The SMILES string of the molecule is CC(C)c1cc(C(C)C)cc([Si](C2=C(C(C)(C)C)C=CC2)(c2cc(C(C)C)cc(C(C)C)c2)c2cc(C(C)C)cc(C(C)C)c2)c1. The van der Waals surface area contributed by atoms with Gasteiger partial charge in [-0.05, 0) is 102 Å². The quantitative estimate of drug-likeness (QED) is 0.154. The minimum atomic E-state index is -2.81. The summed E-state index contributed by atoms with van der Waals surface area (Å²) in [6, 6.07) is 23.3. The summed E-state index contributed by atoms with van der Waals surface area (Å²) in [5.41, 5.74) is 10.4. The van der Waals surface area contributed by atoms with Gasteiger partial charge >= 0.3 is 0 Å². The first kappa shape index (κ1) is 36.2. The third-order valence-electron chi connectivity index (χ3n) is 10.4. The highest BCUT2D eigenvalue weighted by molar-refractivity contribution is 7.16. The predicted molar refractivity (Wildman–Crippen MR) is 209 cm³/mol. The van der Waals surface area contributed by atoms with E-state index >= 15 is 0 Å². The van der Waals surface area contributed by atoms with Crippen LogP contribution in [-0.4, -0.2) is 8.07 Å². The Hall–Kier alpha value is -2.64. The molecule has 0 saturated heterocycles. The third kappa shape index (κ3) is 7.11. The van der Waals surface area contributed by atoms with Gasteiger partial charge in [-0.3, -0.25) is 0 Å². The van der Waals surface area contributed by atoms with E-state index in [1.54, 1.807) is 26.3 Å². The monoisotopic (exact) mass is 632 g/mol. The van der Waals surface area contributed by atoms with Crippen LogP contribution in [0.15, 0.2) is 77.5 Å². The molecular formula is C45H64Si. The smallest absolute Gasteiger partial charge is 0.0805 e. The lowest BCUT2D eigenvalue weighted by atomic mass is 9.87. The summed E-state index contributed by atoms with van der Waals surface area (Å²) in [6.07, 6.45) is 5.98. The lowest BCUT2D eigenvalue weighted by molar-refractivity contribution is 0.516. The van der Waals surface area contributed by atoms with Gasteiger partial charge in [-0.25, -0.2) is 0 Å². The molecule has 0 amide bonds. The molecule has 0 atom stereocenters. The summed E-state index contributed by atoms with van der Waals surface area (Å²) >= 11 is 0. The molecule has 0 saturated carbocycles. The molecule has 0 unspecified atom stereocenters. The summed E-state index contributed by atoms with van der Waals surface area (Å²) in [5.74, 6) is 2.77. The molecule has 0 bridgehead atoms. The Morgan fingerprint density at radius 1 is 0.435 bits per heavy atom. The van der Waals surface area contributed by atoms with Crippen molar-refractivity contribution in [3.63, 3.8) is 0 Å². The van der Waals surface area contributed by atoms with Crippen LogP contribution in [0.4, 0.5) is 0 Å². The summed E-state index contributed by atoms with van der Waals surface area (Å²) < 4.78 is 0. The molecule has 0 N–H and O–H groups in total. The fourth-order valence-corrected chi connectivity index (χ4v) is 12.9. The maximum absolute atomic E-state index is 2.81. The van der Waals surface area contributed by atoms with Gasteiger partial charge in [-0.1, -0.05) is 176 Å². The first-order valence-electron chi connectivity index (χ1n) is 18.2. The van der Waals surface area contributed by atoms with Crippen molar-refractivity contribution in [2.75, 3.05) is 0 Å². The average Bonchev–Trinajstić information content (AvgIpc) is 3.48. The molecule has 0 spiro atoms. The molecule has 0 heterocycles. The van der Waals surface area contributed by atoms with Gasteiger partial charge in [0, 0.05) is 0 Å². The van der Waals surface area contributed by atoms with E-state index in [9.17, 15) is 0 Å². The Morgan fingerprint density at radius 3 is 0.913 bits per heavy atom. The van der Waals surface area contributed by atoms with Crippen LogP contribution in [0.3, 0.4) is 0 Å². The zero-order valence-electron chi connectivity index (χ0n) is 32.0. The summed E-state index contributed by atoms with van der Waals surface area (Å²) in [4.78, 5) is 0. The standard InChI is InChI=1S/C45H64Si/c1-28(2)34-19-35(29(3)4)23-40(22-34)46(44-18-16-17-43(44)45(13,14)15,41-24-36(30(5)6)20-37(25-41)31(7)8)42-26-38(32(9)10)21-39(27-42)33(11)12/h16-17,19-33H,18H2,1-15H3. The van der Waals surface area contributed by atoms with Gasteiger partial charge in [0.05, 0.1) is 0 Å². The van der Waals surface area contributed by atoms with Crippen molar-refractivity contribution in [2.24, 2.45) is 5.41 Å². The normalized spacial score (nSPS) is 14.5. The van der Waals surface area contributed by atoms with Gasteiger partial charge in [-0.15, -0.1) is 0 Å². The second kappa shape index (κ2) is 13.8. The van der Waals surface area contributed by atoms with E-state index in [-0.39, 0.29) is 5.41 Å². The van der Waals surface area contributed by atoms with Crippen molar-refractivity contribution < 1.29 is 0 Å². The van der Waals surface area contributed by atoms with Gasteiger partial charge in [0.1, 0.15) is 0 Å². The minimum Gasteiger partial charge on any atom is -0.0805 e. The van der Waals surface area contributed by atoms with Crippen molar-refractivity contribution in [1.82, 2.24) is 0 Å². The molecule has 248 valence electrons. The Labute approximate surface area is 284 Å². The molecule has 1 aliphatic rings. The van der Waals surface area contributed by atoms with Gasteiger partial charge in [0.15, 0.2) is 8.07 Å². The lowest BCUT2D eigenvalue weighted by Gasteiger charge is -2.40. The van der Waals surface area contributed by atoms with E-state index in [1.807, 2.05) is 0 Å². The molecule has 1 heteroatoms. The van der Waals surface area contributed by atoms with Crippen LogP contribution in [0.5, 0.6) is 0 Å². The van der Waals surface area contributed by atoms with Gasteiger partial charge in [-0.2, -0.15) is 0 Å². The molecule has 0 radical (unpaired) electrons. The zero-order chi connectivity index (χ0) is 34.3. The van der Waals surface area contributed by atoms with Crippen molar-refractivity contribution in [3.05, 3.63) is 111 Å². The van der Waals surface area contributed by atoms with Crippen LogP contribution in [-0.2, 0) is 0 Å². The maximum Gasteiger partial charge on any atom is 0.176 e. The van der Waals surface area contributed by atoms with Crippen LogP contribution >= 0.6 is 0 Å². The minimum absolute atomic E-state index is 0.0458. The molecule has 0 aromatic heterocycles. The molecule has 3 aromatic carbocycles.